The van der Waals surface area contributed by atoms with E-state index in [0.717, 1.165) is 18.8 Å². The third kappa shape index (κ3) is 15.2. The van der Waals surface area contributed by atoms with Crippen LogP contribution in [-0.4, -0.2) is 18.2 Å². The zero-order valence-electron chi connectivity index (χ0n) is 13.7. The first-order valence-corrected chi connectivity index (χ1v) is 8.28. The third-order valence-electron chi connectivity index (χ3n) is 3.47. The van der Waals surface area contributed by atoms with Gasteiger partial charge >= 0.3 is 0 Å². The maximum Gasteiger partial charge on any atom is 0.220 e. The molecule has 0 bridgehead atoms. The van der Waals surface area contributed by atoms with Crippen LogP contribution < -0.4 is 5.32 Å². The van der Waals surface area contributed by atoms with E-state index in [0.29, 0.717) is 6.42 Å². The van der Waals surface area contributed by atoms with Crippen molar-refractivity contribution < 1.29 is 9.59 Å². The Balaban J connectivity index is 3.16. The molecule has 0 unspecified atom stereocenters. The summed E-state index contributed by atoms with van der Waals surface area (Å²) < 4.78 is 0. The normalized spacial score (nSPS) is 10.8. The van der Waals surface area contributed by atoms with Crippen LogP contribution >= 0.6 is 0 Å². The van der Waals surface area contributed by atoms with E-state index >= 15 is 0 Å². The van der Waals surface area contributed by atoms with Crippen molar-refractivity contribution >= 4 is 11.7 Å². The Kier molecular flexibility index (Phi) is 12.6. The van der Waals surface area contributed by atoms with E-state index in [9.17, 15) is 9.59 Å². The van der Waals surface area contributed by atoms with Crippen molar-refractivity contribution in [3.8, 4) is 0 Å². The maximum absolute atomic E-state index is 11.3. The Labute approximate surface area is 124 Å². The SMILES string of the molecule is CC(=O)CNC(=O)CCCCCCCCCCC(C)C. The minimum absolute atomic E-state index is 0.00823. The molecule has 0 aliphatic heterocycles. The molecule has 1 N–H and O–H groups in total. The minimum Gasteiger partial charge on any atom is -0.349 e. The first-order valence-electron chi connectivity index (χ1n) is 8.28. The van der Waals surface area contributed by atoms with E-state index in [1.165, 1.54) is 51.9 Å². The molecule has 0 aromatic rings. The molecule has 0 aromatic heterocycles. The van der Waals surface area contributed by atoms with Gasteiger partial charge in [-0.3, -0.25) is 9.59 Å². The van der Waals surface area contributed by atoms with Gasteiger partial charge in [0.1, 0.15) is 5.78 Å². The third-order valence-corrected chi connectivity index (χ3v) is 3.47. The van der Waals surface area contributed by atoms with Crippen LogP contribution in [0.1, 0.15) is 85.0 Å². The number of carbonyl (C=O) groups is 2. The van der Waals surface area contributed by atoms with E-state index < -0.39 is 0 Å². The van der Waals surface area contributed by atoms with Gasteiger partial charge in [0.15, 0.2) is 0 Å². The molecule has 0 rings (SSSR count). The van der Waals surface area contributed by atoms with Crippen LogP contribution in [0.15, 0.2) is 0 Å². The smallest absolute Gasteiger partial charge is 0.220 e. The highest BCUT2D eigenvalue weighted by Gasteiger charge is 2.01. The van der Waals surface area contributed by atoms with Gasteiger partial charge in [0.05, 0.1) is 6.54 Å². The Bertz CT molecular complexity index is 262. The van der Waals surface area contributed by atoms with Gasteiger partial charge in [0.25, 0.3) is 0 Å². The lowest BCUT2D eigenvalue weighted by molar-refractivity contribution is -0.124. The minimum atomic E-state index is 0.00823. The number of ketones is 1. The van der Waals surface area contributed by atoms with Crippen LogP contribution in [0, 0.1) is 5.92 Å². The number of hydrogen-bond donors (Lipinski definition) is 1. The molecule has 0 radical (unpaired) electrons. The largest absolute Gasteiger partial charge is 0.349 e. The van der Waals surface area contributed by atoms with E-state index in [4.69, 9.17) is 0 Å². The van der Waals surface area contributed by atoms with Gasteiger partial charge in [-0.15, -0.1) is 0 Å². The maximum atomic E-state index is 11.3. The fourth-order valence-corrected chi connectivity index (χ4v) is 2.21. The number of carbonyl (C=O) groups excluding carboxylic acids is 2. The molecule has 0 atom stereocenters. The van der Waals surface area contributed by atoms with Crippen molar-refractivity contribution in [3.05, 3.63) is 0 Å². The second kappa shape index (κ2) is 13.1. The van der Waals surface area contributed by atoms with Crippen molar-refractivity contribution in [2.24, 2.45) is 5.92 Å². The Morgan fingerprint density at radius 2 is 1.35 bits per heavy atom. The molecule has 0 fully saturated rings. The van der Waals surface area contributed by atoms with Gasteiger partial charge in [-0.25, -0.2) is 0 Å². The van der Waals surface area contributed by atoms with Gasteiger partial charge in [0.2, 0.25) is 5.91 Å². The van der Waals surface area contributed by atoms with Crippen molar-refractivity contribution in [1.82, 2.24) is 5.32 Å². The average molecular weight is 283 g/mol. The molecule has 0 heterocycles. The van der Waals surface area contributed by atoms with Crippen LogP contribution in [0.3, 0.4) is 0 Å². The van der Waals surface area contributed by atoms with E-state index in [2.05, 4.69) is 19.2 Å². The zero-order valence-corrected chi connectivity index (χ0v) is 13.7. The number of rotatable bonds is 13. The average Bonchev–Trinajstić information content (AvgIpc) is 2.38. The predicted molar refractivity (Wildman–Crippen MR) is 84.7 cm³/mol. The monoisotopic (exact) mass is 283 g/mol. The van der Waals surface area contributed by atoms with Gasteiger partial charge in [-0.2, -0.15) is 0 Å². The fourth-order valence-electron chi connectivity index (χ4n) is 2.21. The standard InChI is InChI=1S/C17H33NO2/c1-15(2)12-10-8-6-4-5-7-9-11-13-17(20)18-14-16(3)19/h15H,4-14H2,1-3H3,(H,18,20). The molecular weight excluding hydrogens is 250 g/mol. The molecular formula is C17H33NO2. The quantitative estimate of drug-likeness (QED) is 0.514. The highest BCUT2D eigenvalue weighted by atomic mass is 16.2. The highest BCUT2D eigenvalue weighted by molar-refractivity contribution is 5.84. The topological polar surface area (TPSA) is 46.2 Å². The lowest BCUT2D eigenvalue weighted by atomic mass is 10.0. The summed E-state index contributed by atoms with van der Waals surface area (Å²) in [6, 6.07) is 0. The molecule has 1 amide bonds. The Morgan fingerprint density at radius 1 is 0.850 bits per heavy atom. The summed E-state index contributed by atoms with van der Waals surface area (Å²) in [4.78, 5) is 22.0. The number of hydrogen-bond acceptors (Lipinski definition) is 2. The molecule has 0 aromatic carbocycles. The van der Waals surface area contributed by atoms with E-state index in [-0.39, 0.29) is 18.2 Å². The Morgan fingerprint density at radius 3 is 1.85 bits per heavy atom. The van der Waals surface area contributed by atoms with Gasteiger partial charge < -0.3 is 5.32 Å². The highest BCUT2D eigenvalue weighted by Crippen LogP contribution is 2.12. The Hall–Kier alpha value is -0.860. The molecule has 0 spiro atoms. The van der Waals surface area contributed by atoms with Crippen LogP contribution in [0.25, 0.3) is 0 Å². The molecule has 20 heavy (non-hydrogen) atoms. The van der Waals surface area contributed by atoms with Crippen molar-refractivity contribution in [1.29, 1.82) is 0 Å². The van der Waals surface area contributed by atoms with Gasteiger partial charge in [-0.05, 0) is 19.3 Å². The number of Topliss-reactive ketones (excluding diaryl/α,β-unsaturated/α-hetero) is 1. The molecule has 0 aliphatic rings. The lowest BCUT2D eigenvalue weighted by Gasteiger charge is -2.05. The summed E-state index contributed by atoms with van der Waals surface area (Å²) >= 11 is 0. The number of nitrogens with one attached hydrogen (secondary N) is 1. The van der Waals surface area contributed by atoms with E-state index in [1.54, 1.807) is 0 Å². The lowest BCUT2D eigenvalue weighted by Crippen LogP contribution is -2.27. The van der Waals surface area contributed by atoms with Crippen LogP contribution in [0.4, 0.5) is 0 Å². The van der Waals surface area contributed by atoms with Gasteiger partial charge in [-0.1, -0.05) is 65.2 Å². The molecule has 0 saturated carbocycles. The second-order valence-corrected chi connectivity index (χ2v) is 6.24. The molecule has 118 valence electrons. The summed E-state index contributed by atoms with van der Waals surface area (Å²) in [5, 5.41) is 2.63. The molecule has 0 saturated heterocycles. The van der Waals surface area contributed by atoms with Crippen LogP contribution in [-0.2, 0) is 9.59 Å². The van der Waals surface area contributed by atoms with Crippen molar-refractivity contribution in [3.63, 3.8) is 0 Å². The summed E-state index contributed by atoms with van der Waals surface area (Å²) in [6.45, 7) is 6.23. The van der Waals surface area contributed by atoms with Crippen LogP contribution in [0.5, 0.6) is 0 Å². The molecule has 3 heteroatoms. The first kappa shape index (κ1) is 19.1. The van der Waals surface area contributed by atoms with Crippen molar-refractivity contribution in [2.75, 3.05) is 6.54 Å². The molecule has 3 nitrogen and oxygen atoms in total. The summed E-state index contributed by atoms with van der Waals surface area (Å²) in [6.07, 6.45) is 11.9. The predicted octanol–water partition coefficient (Wildman–Crippen LogP) is 4.25. The summed E-state index contributed by atoms with van der Waals surface area (Å²) in [7, 11) is 0. The first-order chi connectivity index (χ1) is 9.52. The van der Waals surface area contributed by atoms with E-state index in [1.807, 2.05) is 0 Å². The van der Waals surface area contributed by atoms with Crippen molar-refractivity contribution in [2.45, 2.75) is 85.0 Å². The number of unbranched alkanes of at least 4 members (excludes halogenated alkanes) is 7. The van der Waals surface area contributed by atoms with Gasteiger partial charge in [0, 0.05) is 6.42 Å². The fraction of sp³-hybridized carbons (Fsp3) is 0.882. The summed E-state index contributed by atoms with van der Waals surface area (Å²) in [5.74, 6) is 0.855. The second-order valence-electron chi connectivity index (χ2n) is 6.24. The zero-order chi connectivity index (χ0) is 15.2. The van der Waals surface area contributed by atoms with Crippen LogP contribution in [0.2, 0.25) is 0 Å². The molecule has 0 aliphatic carbocycles. The number of amides is 1. The summed E-state index contributed by atoms with van der Waals surface area (Å²) in [5.41, 5.74) is 0.